The van der Waals surface area contributed by atoms with Gasteiger partial charge >= 0.3 is 0 Å². The van der Waals surface area contributed by atoms with Gasteiger partial charge in [0.05, 0.1) is 10.6 Å². The Kier molecular flexibility index (Phi) is 3.00. The smallest absolute Gasteiger partial charge is 0.200 e. The topological polar surface area (TPSA) is 33.6 Å². The number of halogens is 2. The summed E-state index contributed by atoms with van der Waals surface area (Å²) in [5.41, 5.74) is 0.0437. The molecule has 0 saturated heterocycles. The zero-order chi connectivity index (χ0) is 13.4. The maximum atomic E-state index is 13.9. The normalized spacial score (nSPS) is 10.8. The largest absolute Gasteiger partial charge is 0.264 e. The molecule has 2 heterocycles. The van der Waals surface area contributed by atoms with Crippen LogP contribution in [0.15, 0.2) is 35.7 Å². The van der Waals surface area contributed by atoms with Gasteiger partial charge in [0, 0.05) is 6.07 Å². The van der Waals surface area contributed by atoms with E-state index in [1.54, 1.807) is 0 Å². The predicted octanol–water partition coefficient (Wildman–Crippen LogP) is 3.94. The third kappa shape index (κ3) is 2.11. The van der Waals surface area contributed by atoms with Crippen molar-refractivity contribution in [2.45, 2.75) is 0 Å². The standard InChI is InChI=1S/C12H7F2N3S2/c13-7-3-4-8(14)9(6-7)17-11(15-16-12(17)18)10-2-1-5-19-10/h1-6H,(H,16,18). The third-order valence-corrected chi connectivity index (χ3v) is 3.70. The summed E-state index contributed by atoms with van der Waals surface area (Å²) in [6.45, 7) is 0. The minimum Gasteiger partial charge on any atom is -0.264 e. The molecule has 0 aliphatic carbocycles. The van der Waals surface area contributed by atoms with Gasteiger partial charge in [-0.1, -0.05) is 6.07 Å². The predicted molar refractivity (Wildman–Crippen MR) is 72.0 cm³/mol. The van der Waals surface area contributed by atoms with Crippen molar-refractivity contribution in [3.63, 3.8) is 0 Å². The molecule has 0 bridgehead atoms. The Morgan fingerprint density at radius 1 is 1.26 bits per heavy atom. The molecule has 3 aromatic rings. The van der Waals surface area contributed by atoms with E-state index in [1.165, 1.54) is 15.9 Å². The maximum Gasteiger partial charge on any atom is 0.200 e. The van der Waals surface area contributed by atoms with Gasteiger partial charge in [-0.15, -0.1) is 11.3 Å². The van der Waals surface area contributed by atoms with Gasteiger partial charge in [0.25, 0.3) is 0 Å². The summed E-state index contributed by atoms with van der Waals surface area (Å²) in [5, 5.41) is 8.55. The molecule has 0 amide bonds. The molecule has 1 aromatic carbocycles. The Bertz CT molecular complexity index is 775. The van der Waals surface area contributed by atoms with Crippen LogP contribution in [0.5, 0.6) is 0 Å². The highest BCUT2D eigenvalue weighted by Crippen LogP contribution is 2.26. The van der Waals surface area contributed by atoms with E-state index in [9.17, 15) is 8.78 Å². The minimum absolute atomic E-state index is 0.0437. The van der Waals surface area contributed by atoms with Crippen molar-refractivity contribution in [3.05, 3.63) is 52.1 Å². The fraction of sp³-hybridized carbons (Fsp3) is 0. The molecule has 3 nitrogen and oxygen atoms in total. The second-order valence-electron chi connectivity index (χ2n) is 3.76. The van der Waals surface area contributed by atoms with Crippen molar-refractivity contribution < 1.29 is 8.78 Å². The van der Waals surface area contributed by atoms with E-state index >= 15 is 0 Å². The van der Waals surface area contributed by atoms with Crippen LogP contribution in [-0.4, -0.2) is 14.8 Å². The van der Waals surface area contributed by atoms with E-state index in [4.69, 9.17) is 12.2 Å². The number of nitrogens with zero attached hydrogens (tertiary/aromatic N) is 2. The fourth-order valence-electron chi connectivity index (χ4n) is 1.75. The molecule has 0 fully saturated rings. The average Bonchev–Trinajstić information content (AvgIpc) is 3.01. The molecular weight excluding hydrogens is 288 g/mol. The van der Waals surface area contributed by atoms with Gasteiger partial charge in [-0.2, -0.15) is 5.10 Å². The van der Waals surface area contributed by atoms with E-state index in [0.29, 0.717) is 5.82 Å². The van der Waals surface area contributed by atoms with Crippen LogP contribution >= 0.6 is 23.6 Å². The second kappa shape index (κ2) is 4.67. The van der Waals surface area contributed by atoms with Gasteiger partial charge in [0.1, 0.15) is 11.6 Å². The summed E-state index contributed by atoms with van der Waals surface area (Å²) in [5.74, 6) is -0.627. The number of aromatic amines is 1. The Balaban J connectivity index is 2.29. The Labute approximate surface area is 116 Å². The van der Waals surface area contributed by atoms with Gasteiger partial charge in [-0.3, -0.25) is 9.67 Å². The molecule has 0 aliphatic rings. The monoisotopic (exact) mass is 295 g/mol. The first-order valence-electron chi connectivity index (χ1n) is 5.33. The molecular formula is C12H7F2N3S2. The lowest BCUT2D eigenvalue weighted by Gasteiger charge is -2.06. The molecule has 0 atom stereocenters. The minimum atomic E-state index is -0.559. The summed E-state index contributed by atoms with van der Waals surface area (Å²) < 4.78 is 28.8. The second-order valence-corrected chi connectivity index (χ2v) is 5.10. The first-order chi connectivity index (χ1) is 9.16. The molecule has 0 saturated carbocycles. The van der Waals surface area contributed by atoms with Crippen LogP contribution in [0.3, 0.4) is 0 Å². The van der Waals surface area contributed by atoms with Crippen molar-refractivity contribution in [2.24, 2.45) is 0 Å². The quantitative estimate of drug-likeness (QED) is 0.727. The average molecular weight is 295 g/mol. The van der Waals surface area contributed by atoms with Crippen molar-refractivity contribution in [3.8, 4) is 16.4 Å². The third-order valence-electron chi connectivity index (χ3n) is 2.56. The van der Waals surface area contributed by atoms with Crippen molar-refractivity contribution >= 4 is 23.6 Å². The molecule has 0 spiro atoms. The van der Waals surface area contributed by atoms with Gasteiger partial charge < -0.3 is 0 Å². The number of hydrogen-bond donors (Lipinski definition) is 1. The van der Waals surface area contributed by atoms with E-state index in [0.717, 1.165) is 23.1 Å². The SMILES string of the molecule is Fc1ccc(F)c(-n2c(-c3cccs3)n[nH]c2=S)c1. The molecule has 2 aromatic heterocycles. The molecule has 0 unspecified atom stereocenters. The molecule has 3 rings (SSSR count). The van der Waals surface area contributed by atoms with Crippen LogP contribution in [0.25, 0.3) is 16.4 Å². The summed E-state index contributed by atoms with van der Waals surface area (Å²) in [7, 11) is 0. The Morgan fingerprint density at radius 2 is 2.11 bits per heavy atom. The van der Waals surface area contributed by atoms with E-state index in [2.05, 4.69) is 10.2 Å². The van der Waals surface area contributed by atoms with Gasteiger partial charge in [-0.25, -0.2) is 8.78 Å². The van der Waals surface area contributed by atoms with Crippen LogP contribution in [0.4, 0.5) is 8.78 Å². The van der Waals surface area contributed by atoms with Crippen LogP contribution in [0, 0.1) is 16.4 Å². The Hall–Kier alpha value is -1.86. The summed E-state index contributed by atoms with van der Waals surface area (Å²) in [6.07, 6.45) is 0. The van der Waals surface area contributed by atoms with E-state index < -0.39 is 11.6 Å². The number of aromatic nitrogens is 3. The van der Waals surface area contributed by atoms with Gasteiger partial charge in [0.2, 0.25) is 0 Å². The Morgan fingerprint density at radius 3 is 2.84 bits per heavy atom. The lowest BCUT2D eigenvalue weighted by Crippen LogP contribution is -2.00. The summed E-state index contributed by atoms with van der Waals surface area (Å²) >= 11 is 6.53. The van der Waals surface area contributed by atoms with Crippen molar-refractivity contribution in [1.82, 2.24) is 14.8 Å². The lowest BCUT2D eigenvalue weighted by atomic mass is 10.3. The molecule has 0 aliphatic heterocycles. The van der Waals surface area contributed by atoms with Crippen molar-refractivity contribution in [2.75, 3.05) is 0 Å². The highest BCUT2D eigenvalue weighted by atomic mass is 32.1. The molecule has 0 radical (unpaired) electrons. The molecule has 96 valence electrons. The summed E-state index contributed by atoms with van der Waals surface area (Å²) in [6, 6.07) is 6.91. The molecule has 7 heteroatoms. The number of nitrogens with one attached hydrogen (secondary N) is 1. The number of benzene rings is 1. The van der Waals surface area contributed by atoms with Crippen LogP contribution in [0.1, 0.15) is 0 Å². The van der Waals surface area contributed by atoms with Crippen LogP contribution in [0.2, 0.25) is 0 Å². The van der Waals surface area contributed by atoms with Crippen LogP contribution < -0.4 is 0 Å². The number of hydrogen-bond acceptors (Lipinski definition) is 3. The number of H-pyrrole nitrogens is 1. The molecule has 19 heavy (non-hydrogen) atoms. The lowest BCUT2D eigenvalue weighted by molar-refractivity contribution is 0.592. The maximum absolute atomic E-state index is 13.9. The zero-order valence-electron chi connectivity index (χ0n) is 9.43. The number of rotatable bonds is 2. The first-order valence-corrected chi connectivity index (χ1v) is 6.62. The van der Waals surface area contributed by atoms with Gasteiger partial charge in [0.15, 0.2) is 10.6 Å². The van der Waals surface area contributed by atoms with Crippen molar-refractivity contribution in [1.29, 1.82) is 0 Å². The highest BCUT2D eigenvalue weighted by Gasteiger charge is 2.15. The van der Waals surface area contributed by atoms with Gasteiger partial charge in [-0.05, 0) is 35.8 Å². The molecule has 1 N–H and O–H groups in total. The number of thiophene rings is 1. The highest BCUT2D eigenvalue weighted by molar-refractivity contribution is 7.71. The van der Waals surface area contributed by atoms with E-state index in [1.807, 2.05) is 17.5 Å². The van der Waals surface area contributed by atoms with Crippen LogP contribution in [-0.2, 0) is 0 Å². The summed E-state index contributed by atoms with van der Waals surface area (Å²) in [4.78, 5) is 0.816. The fourth-order valence-corrected chi connectivity index (χ4v) is 2.68. The first kappa shape index (κ1) is 12.2. The zero-order valence-corrected chi connectivity index (χ0v) is 11.1. The van der Waals surface area contributed by atoms with E-state index in [-0.39, 0.29) is 10.5 Å².